The molecule has 0 saturated heterocycles. The second kappa shape index (κ2) is 13.0. The average Bonchev–Trinajstić information content (AvgIpc) is 2.83. The molecular formula is C27H26Cl2N2O5. The number of halogens is 2. The molecule has 0 radical (unpaired) electrons. The highest BCUT2D eigenvalue weighted by atomic mass is 35.5. The van der Waals surface area contributed by atoms with E-state index < -0.39 is 18.5 Å². The summed E-state index contributed by atoms with van der Waals surface area (Å²) in [4.78, 5) is 36.0. The lowest BCUT2D eigenvalue weighted by atomic mass is 10.1. The van der Waals surface area contributed by atoms with Crippen molar-refractivity contribution in [3.05, 3.63) is 81.8 Å². The number of ether oxygens (including phenoxy) is 2. The summed E-state index contributed by atoms with van der Waals surface area (Å²) in [5.41, 5.74) is 3.32. The first kappa shape index (κ1) is 27.0. The van der Waals surface area contributed by atoms with Gasteiger partial charge in [-0.3, -0.25) is 14.4 Å². The van der Waals surface area contributed by atoms with Crippen molar-refractivity contribution in [1.82, 2.24) is 0 Å². The summed E-state index contributed by atoms with van der Waals surface area (Å²) >= 11 is 11.8. The van der Waals surface area contributed by atoms with Crippen LogP contribution in [0, 0.1) is 13.8 Å². The van der Waals surface area contributed by atoms with Gasteiger partial charge >= 0.3 is 5.97 Å². The average molecular weight is 529 g/mol. The van der Waals surface area contributed by atoms with Crippen molar-refractivity contribution < 1.29 is 23.9 Å². The summed E-state index contributed by atoms with van der Waals surface area (Å²) in [5.74, 6) is 0.0541. The molecule has 0 atom stereocenters. The Bertz CT molecular complexity index is 1250. The highest BCUT2D eigenvalue weighted by Gasteiger charge is 2.11. The van der Waals surface area contributed by atoms with E-state index in [0.29, 0.717) is 22.1 Å². The van der Waals surface area contributed by atoms with E-state index in [4.69, 9.17) is 32.7 Å². The number of benzene rings is 3. The maximum absolute atomic E-state index is 12.2. The normalized spacial score (nSPS) is 10.4. The molecule has 2 N–H and O–H groups in total. The van der Waals surface area contributed by atoms with E-state index in [1.165, 1.54) is 11.6 Å². The number of anilines is 2. The van der Waals surface area contributed by atoms with Crippen LogP contribution in [-0.4, -0.2) is 24.4 Å². The van der Waals surface area contributed by atoms with Gasteiger partial charge in [0.05, 0.1) is 10.7 Å². The van der Waals surface area contributed by atoms with Gasteiger partial charge in [0.25, 0.3) is 5.91 Å². The molecule has 0 aliphatic rings. The molecule has 0 aromatic heterocycles. The number of aryl methyl sites for hydroxylation is 2. The summed E-state index contributed by atoms with van der Waals surface area (Å²) in [7, 11) is 0. The van der Waals surface area contributed by atoms with Crippen molar-refractivity contribution in [2.45, 2.75) is 33.1 Å². The Morgan fingerprint density at radius 3 is 2.19 bits per heavy atom. The Labute approximate surface area is 219 Å². The Morgan fingerprint density at radius 2 is 1.50 bits per heavy atom. The maximum Gasteiger partial charge on any atom is 0.306 e. The summed E-state index contributed by atoms with van der Waals surface area (Å²) in [6.07, 6.45) is 0.414. The van der Waals surface area contributed by atoms with Crippen molar-refractivity contribution in [2.75, 3.05) is 17.2 Å². The van der Waals surface area contributed by atoms with Gasteiger partial charge in [-0.2, -0.15) is 0 Å². The quantitative estimate of drug-likeness (QED) is 0.285. The molecule has 3 aromatic rings. The number of esters is 1. The lowest BCUT2D eigenvalue weighted by Crippen LogP contribution is -2.21. The van der Waals surface area contributed by atoms with Crippen LogP contribution in [0.1, 0.15) is 30.4 Å². The molecule has 188 valence electrons. The molecule has 2 amide bonds. The minimum Gasteiger partial charge on any atom is -0.457 e. The topological polar surface area (TPSA) is 93.7 Å². The van der Waals surface area contributed by atoms with Gasteiger partial charge in [-0.1, -0.05) is 29.3 Å². The second-order valence-electron chi connectivity index (χ2n) is 8.11. The predicted octanol–water partition coefficient (Wildman–Crippen LogP) is 6.69. The number of nitrogens with one attached hydrogen (secondary N) is 2. The zero-order chi connectivity index (χ0) is 26.1. The van der Waals surface area contributed by atoms with Crippen LogP contribution in [0.2, 0.25) is 10.0 Å². The Hall–Kier alpha value is -3.55. The van der Waals surface area contributed by atoms with Gasteiger partial charge in [-0.05, 0) is 86.0 Å². The molecule has 0 aliphatic carbocycles. The van der Waals surface area contributed by atoms with E-state index in [9.17, 15) is 14.4 Å². The third kappa shape index (κ3) is 8.59. The monoisotopic (exact) mass is 528 g/mol. The zero-order valence-electron chi connectivity index (χ0n) is 19.9. The number of carbonyl (C=O) groups is 3. The van der Waals surface area contributed by atoms with Gasteiger partial charge in [-0.25, -0.2) is 0 Å². The van der Waals surface area contributed by atoms with Gasteiger partial charge < -0.3 is 20.1 Å². The van der Waals surface area contributed by atoms with Crippen LogP contribution in [0.25, 0.3) is 0 Å². The fourth-order valence-electron chi connectivity index (χ4n) is 3.13. The van der Waals surface area contributed by atoms with Gasteiger partial charge in [-0.15, -0.1) is 0 Å². The third-order valence-corrected chi connectivity index (χ3v) is 5.75. The fraction of sp³-hybridized carbons (Fsp3) is 0.222. The number of amides is 2. The van der Waals surface area contributed by atoms with Crippen molar-refractivity contribution in [2.24, 2.45) is 0 Å². The molecule has 7 nitrogen and oxygen atoms in total. The van der Waals surface area contributed by atoms with Gasteiger partial charge in [0, 0.05) is 23.6 Å². The highest BCUT2D eigenvalue weighted by Crippen LogP contribution is 2.26. The Balaban J connectivity index is 1.34. The molecular weight excluding hydrogens is 503 g/mol. The zero-order valence-corrected chi connectivity index (χ0v) is 21.4. The molecule has 0 saturated carbocycles. The largest absolute Gasteiger partial charge is 0.457 e. The first-order chi connectivity index (χ1) is 17.2. The van der Waals surface area contributed by atoms with Crippen LogP contribution in [-0.2, 0) is 19.1 Å². The molecule has 3 aromatic carbocycles. The molecule has 0 fully saturated rings. The van der Waals surface area contributed by atoms with E-state index in [2.05, 4.69) is 10.6 Å². The first-order valence-corrected chi connectivity index (χ1v) is 12.0. The molecule has 0 unspecified atom stereocenters. The SMILES string of the molecule is Cc1ccc(Oc2ccc(NC(=O)CCCC(=O)OCC(=O)Nc3ccc(Cl)cc3Cl)cc2)cc1C. The second-order valence-corrected chi connectivity index (χ2v) is 8.95. The summed E-state index contributed by atoms with van der Waals surface area (Å²) in [6.45, 7) is 3.61. The summed E-state index contributed by atoms with van der Waals surface area (Å²) in [5, 5.41) is 6.03. The predicted molar refractivity (Wildman–Crippen MR) is 141 cm³/mol. The molecule has 0 aliphatic heterocycles. The van der Waals surface area contributed by atoms with Crippen LogP contribution < -0.4 is 15.4 Å². The molecule has 36 heavy (non-hydrogen) atoms. The van der Waals surface area contributed by atoms with E-state index in [0.717, 1.165) is 11.3 Å². The van der Waals surface area contributed by atoms with Gasteiger partial charge in [0.15, 0.2) is 6.61 Å². The van der Waals surface area contributed by atoms with Gasteiger partial charge in [0.2, 0.25) is 5.91 Å². The standard InChI is InChI=1S/C27H26Cl2N2O5/c1-17-6-10-22(14-18(17)2)36-21-11-8-20(9-12-21)30-25(32)4-3-5-27(34)35-16-26(33)31-24-13-7-19(28)15-23(24)29/h6-15H,3-5,16H2,1-2H3,(H,30,32)(H,31,33). The number of hydrogen-bond donors (Lipinski definition) is 2. The minimum atomic E-state index is -0.576. The Morgan fingerprint density at radius 1 is 0.778 bits per heavy atom. The molecule has 0 bridgehead atoms. The number of rotatable bonds is 10. The van der Waals surface area contributed by atoms with Crippen LogP contribution in [0.3, 0.4) is 0 Å². The van der Waals surface area contributed by atoms with Crippen LogP contribution in [0.4, 0.5) is 11.4 Å². The highest BCUT2D eigenvalue weighted by molar-refractivity contribution is 6.36. The van der Waals surface area contributed by atoms with E-state index in [-0.39, 0.29) is 30.2 Å². The van der Waals surface area contributed by atoms with E-state index in [1.807, 2.05) is 32.0 Å². The summed E-state index contributed by atoms with van der Waals surface area (Å²) < 4.78 is 10.8. The first-order valence-electron chi connectivity index (χ1n) is 11.2. The number of hydrogen-bond acceptors (Lipinski definition) is 5. The number of carbonyl (C=O) groups excluding carboxylic acids is 3. The molecule has 0 heterocycles. The molecule has 0 spiro atoms. The van der Waals surface area contributed by atoms with Crippen molar-refractivity contribution >= 4 is 52.4 Å². The van der Waals surface area contributed by atoms with Crippen molar-refractivity contribution in [1.29, 1.82) is 0 Å². The fourth-order valence-corrected chi connectivity index (χ4v) is 3.59. The van der Waals surface area contributed by atoms with Crippen molar-refractivity contribution in [3.63, 3.8) is 0 Å². The van der Waals surface area contributed by atoms with E-state index >= 15 is 0 Å². The third-order valence-electron chi connectivity index (χ3n) is 5.21. The Kier molecular flexibility index (Phi) is 9.73. The smallest absolute Gasteiger partial charge is 0.306 e. The molecule has 9 heteroatoms. The minimum absolute atomic E-state index is 0.00510. The van der Waals surface area contributed by atoms with Crippen LogP contribution in [0.5, 0.6) is 11.5 Å². The lowest BCUT2D eigenvalue weighted by Gasteiger charge is -2.10. The maximum atomic E-state index is 12.2. The van der Waals surface area contributed by atoms with Crippen LogP contribution >= 0.6 is 23.2 Å². The molecule has 3 rings (SSSR count). The lowest BCUT2D eigenvalue weighted by molar-refractivity contribution is -0.147. The summed E-state index contributed by atoms with van der Waals surface area (Å²) in [6, 6.07) is 17.5. The van der Waals surface area contributed by atoms with E-state index in [1.54, 1.807) is 36.4 Å². The van der Waals surface area contributed by atoms with Gasteiger partial charge in [0.1, 0.15) is 11.5 Å². The van der Waals surface area contributed by atoms with Crippen molar-refractivity contribution in [3.8, 4) is 11.5 Å². The van der Waals surface area contributed by atoms with Crippen LogP contribution in [0.15, 0.2) is 60.7 Å².